The molecular formula is C24H21NO4S. The average Bonchev–Trinajstić information content (AvgIpc) is 3.34. The van der Waals surface area contributed by atoms with E-state index in [1.54, 1.807) is 55.5 Å². The lowest BCUT2D eigenvalue weighted by Crippen LogP contribution is -2.18. The van der Waals surface area contributed by atoms with Crippen LogP contribution in [0.15, 0.2) is 54.6 Å². The first-order valence-electron chi connectivity index (χ1n) is 9.92. The van der Waals surface area contributed by atoms with Crippen molar-refractivity contribution in [1.82, 2.24) is 0 Å². The number of anilines is 1. The Morgan fingerprint density at radius 3 is 2.40 bits per heavy atom. The summed E-state index contributed by atoms with van der Waals surface area (Å²) in [5.41, 5.74) is 2.54. The minimum atomic E-state index is -0.416. The molecule has 1 heterocycles. The number of carbonyl (C=O) groups excluding carboxylic acids is 3. The molecule has 5 nitrogen and oxygen atoms in total. The molecule has 2 aromatic carbocycles. The van der Waals surface area contributed by atoms with Crippen LogP contribution in [0.1, 0.15) is 60.4 Å². The zero-order valence-corrected chi connectivity index (χ0v) is 17.4. The summed E-state index contributed by atoms with van der Waals surface area (Å²) >= 11 is 1.42. The Morgan fingerprint density at radius 1 is 0.967 bits per heavy atom. The Labute approximate surface area is 178 Å². The highest BCUT2D eigenvalue weighted by molar-refractivity contribution is 7.17. The fourth-order valence-corrected chi connectivity index (χ4v) is 4.98. The molecule has 0 spiro atoms. The highest BCUT2D eigenvalue weighted by atomic mass is 32.1. The molecule has 0 unspecified atom stereocenters. The van der Waals surface area contributed by atoms with Gasteiger partial charge in [0.15, 0.2) is 5.78 Å². The minimum Gasteiger partial charge on any atom is -0.462 e. The molecule has 0 saturated carbocycles. The van der Waals surface area contributed by atoms with E-state index in [0.717, 1.165) is 29.7 Å². The number of hydrogen-bond donors (Lipinski definition) is 1. The zero-order chi connectivity index (χ0) is 21.1. The van der Waals surface area contributed by atoms with Gasteiger partial charge in [0.05, 0.1) is 17.7 Å². The molecule has 0 saturated heterocycles. The summed E-state index contributed by atoms with van der Waals surface area (Å²) in [7, 11) is 0. The first-order valence-corrected chi connectivity index (χ1v) is 10.7. The van der Waals surface area contributed by atoms with Crippen LogP contribution in [-0.4, -0.2) is 24.3 Å². The van der Waals surface area contributed by atoms with E-state index in [2.05, 4.69) is 5.32 Å². The van der Waals surface area contributed by atoms with E-state index >= 15 is 0 Å². The summed E-state index contributed by atoms with van der Waals surface area (Å²) in [6.45, 7) is 2.03. The van der Waals surface area contributed by atoms with Gasteiger partial charge in [0, 0.05) is 16.0 Å². The smallest absolute Gasteiger partial charge is 0.341 e. The van der Waals surface area contributed by atoms with Crippen molar-refractivity contribution in [2.75, 3.05) is 11.9 Å². The zero-order valence-electron chi connectivity index (χ0n) is 16.6. The molecule has 1 aliphatic carbocycles. The van der Waals surface area contributed by atoms with Gasteiger partial charge in [-0.25, -0.2) is 4.79 Å². The van der Waals surface area contributed by atoms with Crippen LogP contribution in [0.5, 0.6) is 0 Å². The monoisotopic (exact) mass is 419 g/mol. The normalized spacial score (nSPS) is 12.3. The first-order chi connectivity index (χ1) is 14.6. The summed E-state index contributed by atoms with van der Waals surface area (Å²) in [4.78, 5) is 39.7. The van der Waals surface area contributed by atoms with Gasteiger partial charge < -0.3 is 10.1 Å². The molecular weight excluding hydrogens is 398 g/mol. The largest absolute Gasteiger partial charge is 0.462 e. The number of esters is 1. The second-order valence-corrected chi connectivity index (χ2v) is 8.08. The summed E-state index contributed by atoms with van der Waals surface area (Å²) in [5.74, 6) is -1.05. The highest BCUT2D eigenvalue weighted by Gasteiger charge is 2.29. The number of ketones is 1. The predicted octanol–water partition coefficient (Wildman–Crippen LogP) is 4.90. The number of thiophene rings is 1. The number of benzene rings is 2. The predicted molar refractivity (Wildman–Crippen MR) is 117 cm³/mol. The number of rotatable bonds is 6. The molecule has 0 bridgehead atoms. The van der Waals surface area contributed by atoms with Gasteiger partial charge >= 0.3 is 5.97 Å². The Morgan fingerprint density at radius 2 is 1.67 bits per heavy atom. The molecule has 0 aliphatic heterocycles. The van der Waals surface area contributed by atoms with E-state index < -0.39 is 11.9 Å². The number of carbonyl (C=O) groups is 3. The van der Waals surface area contributed by atoms with Crippen LogP contribution in [0.3, 0.4) is 0 Å². The third-order valence-corrected chi connectivity index (χ3v) is 6.29. The Bertz CT molecular complexity index is 1120. The maximum atomic E-state index is 13.1. The van der Waals surface area contributed by atoms with Gasteiger partial charge in [0.2, 0.25) is 0 Å². The van der Waals surface area contributed by atoms with Gasteiger partial charge in [-0.05, 0) is 37.8 Å². The van der Waals surface area contributed by atoms with Gasteiger partial charge in [-0.15, -0.1) is 11.3 Å². The highest BCUT2D eigenvalue weighted by Crippen LogP contribution is 2.39. The van der Waals surface area contributed by atoms with Crippen molar-refractivity contribution in [3.63, 3.8) is 0 Å². The summed E-state index contributed by atoms with van der Waals surface area (Å²) < 4.78 is 5.22. The van der Waals surface area contributed by atoms with E-state index in [9.17, 15) is 14.4 Å². The third-order valence-electron chi connectivity index (χ3n) is 5.08. The number of nitrogens with one attached hydrogen (secondary N) is 1. The summed E-state index contributed by atoms with van der Waals surface area (Å²) in [6, 6.07) is 15.6. The van der Waals surface area contributed by atoms with Crippen molar-refractivity contribution in [2.45, 2.75) is 26.2 Å². The Kier molecular flexibility index (Phi) is 5.77. The first kappa shape index (κ1) is 20.0. The Balaban J connectivity index is 1.67. The van der Waals surface area contributed by atoms with Crippen molar-refractivity contribution in [2.24, 2.45) is 0 Å². The topological polar surface area (TPSA) is 72.5 Å². The molecule has 1 aliphatic rings. The van der Waals surface area contributed by atoms with Crippen molar-refractivity contribution in [3.05, 3.63) is 87.3 Å². The van der Waals surface area contributed by atoms with Gasteiger partial charge in [0.25, 0.3) is 5.91 Å². The molecule has 3 aromatic rings. The molecule has 6 heteroatoms. The minimum absolute atomic E-state index is 0.222. The van der Waals surface area contributed by atoms with Crippen LogP contribution in [0.25, 0.3) is 0 Å². The molecule has 1 amide bonds. The van der Waals surface area contributed by atoms with Crippen molar-refractivity contribution < 1.29 is 19.1 Å². The molecule has 0 radical (unpaired) electrons. The molecule has 1 N–H and O–H groups in total. The van der Waals surface area contributed by atoms with Crippen LogP contribution < -0.4 is 5.32 Å². The van der Waals surface area contributed by atoms with Crippen LogP contribution in [0.4, 0.5) is 5.00 Å². The fraction of sp³-hybridized carbons (Fsp3) is 0.208. The maximum absolute atomic E-state index is 13.1. The van der Waals surface area contributed by atoms with Gasteiger partial charge in [-0.2, -0.15) is 0 Å². The second kappa shape index (κ2) is 8.63. The lowest BCUT2D eigenvalue weighted by Gasteiger charge is -2.11. The van der Waals surface area contributed by atoms with Crippen molar-refractivity contribution >= 4 is 34.0 Å². The Hall–Kier alpha value is -3.25. The number of hydrogen-bond acceptors (Lipinski definition) is 5. The van der Waals surface area contributed by atoms with Crippen LogP contribution in [0.2, 0.25) is 0 Å². The van der Waals surface area contributed by atoms with Crippen molar-refractivity contribution in [3.8, 4) is 0 Å². The lowest BCUT2D eigenvalue weighted by molar-refractivity contribution is 0.0527. The van der Waals surface area contributed by atoms with Crippen molar-refractivity contribution in [1.29, 1.82) is 0 Å². The lowest BCUT2D eigenvalue weighted by atomic mass is 9.98. The van der Waals surface area contributed by atoms with E-state index in [4.69, 9.17) is 4.74 Å². The SMILES string of the molecule is CCOC(=O)c1c(NC(=O)c2ccccc2C(=O)c2ccccc2)sc2c1CCC2. The summed E-state index contributed by atoms with van der Waals surface area (Å²) in [5, 5.41) is 3.36. The number of fused-ring (bicyclic) bond motifs is 1. The molecule has 4 rings (SSSR count). The summed E-state index contributed by atoms with van der Waals surface area (Å²) in [6.07, 6.45) is 2.69. The number of aryl methyl sites for hydroxylation is 1. The standard InChI is InChI=1S/C24H21NO4S/c1-2-29-24(28)20-18-13-8-14-19(18)30-23(20)25-22(27)17-12-7-6-11-16(17)21(26)15-9-4-3-5-10-15/h3-7,9-12H,2,8,13-14H2,1H3,(H,25,27). The fourth-order valence-electron chi connectivity index (χ4n) is 3.71. The second-order valence-electron chi connectivity index (χ2n) is 6.98. The van der Waals surface area contributed by atoms with Gasteiger partial charge in [-0.1, -0.05) is 48.5 Å². The molecule has 30 heavy (non-hydrogen) atoms. The average molecular weight is 420 g/mol. The number of amides is 1. The molecule has 0 atom stereocenters. The van der Waals surface area contributed by atoms with Crippen LogP contribution in [0, 0.1) is 0 Å². The van der Waals surface area contributed by atoms with Gasteiger partial charge in [0.1, 0.15) is 5.00 Å². The maximum Gasteiger partial charge on any atom is 0.341 e. The molecule has 152 valence electrons. The van der Waals surface area contributed by atoms with Crippen LogP contribution >= 0.6 is 11.3 Å². The van der Waals surface area contributed by atoms with E-state index in [1.807, 2.05) is 6.07 Å². The van der Waals surface area contributed by atoms with E-state index in [0.29, 0.717) is 21.7 Å². The quantitative estimate of drug-likeness (QED) is 0.456. The van der Waals surface area contributed by atoms with E-state index in [1.165, 1.54) is 11.3 Å². The van der Waals surface area contributed by atoms with E-state index in [-0.39, 0.29) is 18.0 Å². The third kappa shape index (κ3) is 3.78. The van der Waals surface area contributed by atoms with Gasteiger partial charge in [-0.3, -0.25) is 9.59 Å². The number of ether oxygens (including phenoxy) is 1. The molecule has 0 fully saturated rings. The van der Waals surface area contributed by atoms with Crippen LogP contribution in [-0.2, 0) is 17.6 Å². The molecule has 1 aromatic heterocycles.